The smallest absolute Gasteiger partial charge is 0.334 e. The Kier molecular flexibility index (Phi) is 3.74. The molecule has 1 aromatic carbocycles. The van der Waals surface area contributed by atoms with Gasteiger partial charge in [-0.05, 0) is 30.7 Å². The fourth-order valence-electron chi connectivity index (χ4n) is 0.939. The molecule has 0 fully saturated rings. The average molecular weight is 227 g/mol. The summed E-state index contributed by atoms with van der Waals surface area (Å²) in [6.45, 7) is 5.18. The Hall–Kier alpha value is -1.48. The largest absolute Gasteiger partial charge is 0.489 e. The van der Waals surface area contributed by atoms with E-state index in [1.807, 2.05) is 6.92 Å². The number of carbonyl (C=O) groups is 1. The summed E-state index contributed by atoms with van der Waals surface area (Å²) in [6.07, 6.45) is 0. The molecule has 80 valence electrons. The van der Waals surface area contributed by atoms with Crippen molar-refractivity contribution in [3.63, 3.8) is 0 Å². The molecule has 0 radical (unpaired) electrons. The number of aryl methyl sites for hydroxylation is 1. The fraction of sp³-hybridized carbons (Fsp3) is 0.182. The summed E-state index contributed by atoms with van der Waals surface area (Å²) in [5, 5.41) is 9.21. The first kappa shape index (κ1) is 11.6. The van der Waals surface area contributed by atoms with Gasteiger partial charge in [-0.2, -0.15) is 0 Å². The molecule has 0 aliphatic rings. The predicted octanol–water partition coefficient (Wildman–Crippen LogP) is 2.67. The molecule has 0 saturated carbocycles. The molecule has 0 heterocycles. The lowest BCUT2D eigenvalue weighted by Gasteiger charge is -2.07. The molecule has 1 rings (SSSR count). The number of carboxylic acid groups (broad SMARTS) is 1. The predicted molar refractivity (Wildman–Crippen MR) is 58.5 cm³/mol. The highest BCUT2D eigenvalue weighted by molar-refractivity contribution is 6.31. The molecule has 4 heteroatoms. The minimum Gasteiger partial charge on any atom is -0.489 e. The van der Waals surface area contributed by atoms with Gasteiger partial charge in [0, 0.05) is 5.02 Å². The number of benzene rings is 1. The molecule has 3 nitrogen and oxygen atoms in total. The van der Waals surface area contributed by atoms with E-state index in [0.717, 1.165) is 5.56 Å². The van der Waals surface area contributed by atoms with Crippen molar-refractivity contribution in [3.05, 3.63) is 40.9 Å². The Morgan fingerprint density at radius 1 is 1.60 bits per heavy atom. The van der Waals surface area contributed by atoms with Gasteiger partial charge in [0.15, 0.2) is 0 Å². The molecule has 15 heavy (non-hydrogen) atoms. The number of carboxylic acids is 1. The Morgan fingerprint density at radius 3 is 2.80 bits per heavy atom. The monoisotopic (exact) mass is 226 g/mol. The molecule has 0 aliphatic carbocycles. The zero-order valence-corrected chi connectivity index (χ0v) is 9.04. The van der Waals surface area contributed by atoms with Crippen molar-refractivity contribution < 1.29 is 14.6 Å². The van der Waals surface area contributed by atoms with Crippen LogP contribution in [0.1, 0.15) is 5.56 Å². The van der Waals surface area contributed by atoms with Crippen LogP contribution in [0.15, 0.2) is 30.4 Å². The maximum absolute atomic E-state index is 10.4. The maximum atomic E-state index is 10.4. The minimum absolute atomic E-state index is 0.0163. The van der Waals surface area contributed by atoms with E-state index in [9.17, 15) is 4.79 Å². The lowest BCUT2D eigenvalue weighted by atomic mass is 10.2. The van der Waals surface area contributed by atoms with Crippen LogP contribution in [0, 0.1) is 6.92 Å². The molecule has 1 N–H and O–H groups in total. The van der Waals surface area contributed by atoms with E-state index in [4.69, 9.17) is 21.4 Å². The molecular formula is C11H11ClO3. The first-order chi connectivity index (χ1) is 7.00. The quantitative estimate of drug-likeness (QED) is 0.803. The van der Waals surface area contributed by atoms with Gasteiger partial charge < -0.3 is 9.84 Å². The topological polar surface area (TPSA) is 46.5 Å². The fourth-order valence-corrected chi connectivity index (χ4v) is 1.06. The molecule has 0 spiro atoms. The maximum Gasteiger partial charge on any atom is 0.334 e. The van der Waals surface area contributed by atoms with Crippen LogP contribution in [-0.4, -0.2) is 17.7 Å². The number of rotatable bonds is 4. The number of hydrogen-bond donors (Lipinski definition) is 1. The number of hydrogen-bond acceptors (Lipinski definition) is 2. The summed E-state index contributed by atoms with van der Waals surface area (Å²) in [5.41, 5.74) is 0.901. The van der Waals surface area contributed by atoms with Gasteiger partial charge in [-0.3, -0.25) is 0 Å². The Labute approximate surface area is 92.9 Å². The third-order valence-corrected chi connectivity index (χ3v) is 2.27. The third kappa shape index (κ3) is 3.29. The van der Waals surface area contributed by atoms with E-state index in [1.54, 1.807) is 18.2 Å². The van der Waals surface area contributed by atoms with E-state index in [-0.39, 0.29) is 12.2 Å². The van der Waals surface area contributed by atoms with Gasteiger partial charge in [0.05, 0.1) is 5.57 Å². The number of halogens is 1. The van der Waals surface area contributed by atoms with E-state index in [0.29, 0.717) is 10.8 Å². The van der Waals surface area contributed by atoms with Crippen molar-refractivity contribution >= 4 is 17.6 Å². The van der Waals surface area contributed by atoms with Gasteiger partial charge in [0.25, 0.3) is 0 Å². The van der Waals surface area contributed by atoms with Crippen LogP contribution in [0.2, 0.25) is 5.02 Å². The van der Waals surface area contributed by atoms with Gasteiger partial charge in [-0.1, -0.05) is 18.2 Å². The second kappa shape index (κ2) is 4.84. The van der Waals surface area contributed by atoms with Crippen LogP contribution in [0.25, 0.3) is 0 Å². The van der Waals surface area contributed by atoms with Crippen LogP contribution < -0.4 is 4.74 Å². The number of ether oxygens (including phenoxy) is 1. The third-order valence-electron chi connectivity index (χ3n) is 1.84. The normalized spacial score (nSPS) is 9.73. The molecule has 0 aromatic heterocycles. The highest BCUT2D eigenvalue weighted by atomic mass is 35.5. The zero-order valence-electron chi connectivity index (χ0n) is 8.29. The van der Waals surface area contributed by atoms with Crippen LogP contribution in [0.4, 0.5) is 0 Å². The summed E-state index contributed by atoms with van der Waals surface area (Å²) in [7, 11) is 0. The molecule has 0 aliphatic heterocycles. The molecule has 0 unspecified atom stereocenters. The van der Waals surface area contributed by atoms with Crippen LogP contribution in [-0.2, 0) is 4.79 Å². The summed E-state index contributed by atoms with van der Waals surface area (Å²) in [6, 6.07) is 5.14. The van der Waals surface area contributed by atoms with Crippen molar-refractivity contribution in [2.24, 2.45) is 0 Å². The molecule has 1 aromatic rings. The van der Waals surface area contributed by atoms with E-state index in [2.05, 4.69) is 6.58 Å². The standard InChI is InChI=1S/C11H11ClO3/c1-7-5-9(3-4-10(7)12)15-6-8(2)11(13)14/h3-5H,2,6H2,1H3,(H,13,14). The zero-order chi connectivity index (χ0) is 11.4. The second-order valence-corrected chi connectivity index (χ2v) is 3.52. The van der Waals surface area contributed by atoms with Gasteiger partial charge in [-0.25, -0.2) is 4.79 Å². The molecule has 0 atom stereocenters. The van der Waals surface area contributed by atoms with Crippen molar-refractivity contribution in [2.75, 3.05) is 6.61 Å². The SMILES string of the molecule is C=C(COc1ccc(Cl)c(C)c1)C(=O)O. The molecule has 0 bridgehead atoms. The van der Waals surface area contributed by atoms with Crippen LogP contribution in [0.3, 0.4) is 0 Å². The molecule has 0 amide bonds. The summed E-state index contributed by atoms with van der Waals surface area (Å²) in [5.74, 6) is -0.472. The Bertz CT molecular complexity index is 399. The summed E-state index contributed by atoms with van der Waals surface area (Å²) >= 11 is 5.83. The van der Waals surface area contributed by atoms with Crippen molar-refractivity contribution in [3.8, 4) is 5.75 Å². The van der Waals surface area contributed by atoms with Crippen LogP contribution >= 0.6 is 11.6 Å². The van der Waals surface area contributed by atoms with Gasteiger partial charge >= 0.3 is 5.97 Å². The minimum atomic E-state index is -1.05. The highest BCUT2D eigenvalue weighted by Gasteiger charge is 2.05. The van der Waals surface area contributed by atoms with E-state index in [1.165, 1.54) is 0 Å². The Balaban J connectivity index is 2.62. The van der Waals surface area contributed by atoms with Gasteiger partial charge in [0.1, 0.15) is 12.4 Å². The molecular weight excluding hydrogens is 216 g/mol. The van der Waals surface area contributed by atoms with Gasteiger partial charge in [0.2, 0.25) is 0 Å². The first-order valence-corrected chi connectivity index (χ1v) is 4.68. The van der Waals surface area contributed by atoms with E-state index >= 15 is 0 Å². The summed E-state index contributed by atoms with van der Waals surface area (Å²) < 4.78 is 5.23. The van der Waals surface area contributed by atoms with Gasteiger partial charge in [-0.15, -0.1) is 0 Å². The van der Waals surface area contributed by atoms with Crippen molar-refractivity contribution in [1.29, 1.82) is 0 Å². The average Bonchev–Trinajstić information content (AvgIpc) is 2.19. The highest BCUT2D eigenvalue weighted by Crippen LogP contribution is 2.21. The van der Waals surface area contributed by atoms with Crippen LogP contribution in [0.5, 0.6) is 5.75 Å². The first-order valence-electron chi connectivity index (χ1n) is 4.30. The van der Waals surface area contributed by atoms with Crippen molar-refractivity contribution in [2.45, 2.75) is 6.92 Å². The second-order valence-electron chi connectivity index (χ2n) is 3.11. The lowest BCUT2D eigenvalue weighted by molar-refractivity contribution is -0.133. The Morgan fingerprint density at radius 2 is 2.27 bits per heavy atom. The summed E-state index contributed by atoms with van der Waals surface area (Å²) in [4.78, 5) is 10.4. The lowest BCUT2D eigenvalue weighted by Crippen LogP contribution is -2.08. The van der Waals surface area contributed by atoms with E-state index < -0.39 is 5.97 Å². The van der Waals surface area contributed by atoms with Crippen molar-refractivity contribution in [1.82, 2.24) is 0 Å². The number of aliphatic carboxylic acids is 1. The molecule has 0 saturated heterocycles.